The molecule has 1 saturated heterocycles. The van der Waals surface area contributed by atoms with Gasteiger partial charge in [0, 0.05) is 24.2 Å². The first-order chi connectivity index (χ1) is 13.1. The third kappa shape index (κ3) is 3.68. The number of carbonyl (C=O) groups is 1. The fourth-order valence-electron chi connectivity index (χ4n) is 3.52. The molecule has 0 radical (unpaired) electrons. The number of aryl methyl sites for hydroxylation is 1. The first-order valence-corrected chi connectivity index (χ1v) is 9.18. The number of ether oxygens (including phenoxy) is 2. The highest BCUT2D eigenvalue weighted by Gasteiger charge is 2.23. The summed E-state index contributed by atoms with van der Waals surface area (Å²) in [5.74, 6) is 1.52. The maximum Gasteiger partial charge on any atom is 0.349 e. The third-order valence-corrected chi connectivity index (χ3v) is 4.89. The largest absolute Gasteiger partial charge is 0.486 e. The Morgan fingerprint density at radius 2 is 2.00 bits per heavy atom. The summed E-state index contributed by atoms with van der Waals surface area (Å²) < 4.78 is 16.5. The van der Waals surface area contributed by atoms with Gasteiger partial charge in [0.1, 0.15) is 24.5 Å². The molecule has 2 N–H and O–H groups in total. The van der Waals surface area contributed by atoms with Crippen molar-refractivity contribution in [3.63, 3.8) is 0 Å². The summed E-state index contributed by atoms with van der Waals surface area (Å²) in [6.45, 7) is 4.49. The maximum absolute atomic E-state index is 12.7. The number of hydrogen-bond acceptors (Lipinski definition) is 6. The summed E-state index contributed by atoms with van der Waals surface area (Å²) in [6, 6.07) is 6.94. The minimum atomic E-state index is -0.606. The van der Waals surface area contributed by atoms with Crippen LogP contribution in [0.4, 0.5) is 5.69 Å². The normalized spacial score (nSPS) is 18.8. The Hall–Kier alpha value is -2.80. The average Bonchev–Trinajstić information content (AvgIpc) is 2.68. The molecule has 4 rings (SSSR count). The molecule has 1 unspecified atom stereocenters. The first-order valence-electron chi connectivity index (χ1n) is 9.18. The Kier molecular flexibility index (Phi) is 4.85. The number of nitrogens with one attached hydrogen (secondary N) is 2. The Morgan fingerprint density at radius 1 is 1.19 bits per heavy atom. The van der Waals surface area contributed by atoms with Crippen LogP contribution in [0.2, 0.25) is 0 Å². The second-order valence-electron chi connectivity index (χ2n) is 6.85. The molecule has 0 bridgehead atoms. The van der Waals surface area contributed by atoms with Crippen LogP contribution in [0.25, 0.3) is 0 Å². The van der Waals surface area contributed by atoms with Gasteiger partial charge in [-0.15, -0.1) is 0 Å². The van der Waals surface area contributed by atoms with Gasteiger partial charge in [-0.2, -0.15) is 0 Å². The van der Waals surface area contributed by atoms with Gasteiger partial charge in [0.05, 0.1) is 0 Å². The van der Waals surface area contributed by atoms with Crippen LogP contribution in [-0.4, -0.2) is 32.2 Å². The van der Waals surface area contributed by atoms with Crippen LogP contribution in [0, 0.1) is 6.92 Å². The van der Waals surface area contributed by atoms with E-state index in [1.54, 1.807) is 31.2 Å². The van der Waals surface area contributed by atoms with Crippen LogP contribution in [0.3, 0.4) is 0 Å². The quantitative estimate of drug-likeness (QED) is 0.863. The molecule has 1 amide bonds. The van der Waals surface area contributed by atoms with Gasteiger partial charge in [-0.1, -0.05) is 0 Å². The van der Waals surface area contributed by atoms with Crippen molar-refractivity contribution >= 4 is 11.6 Å². The first kappa shape index (κ1) is 17.6. The molecule has 2 aliphatic heterocycles. The zero-order valence-corrected chi connectivity index (χ0v) is 15.2. The van der Waals surface area contributed by atoms with Crippen molar-refractivity contribution in [2.75, 3.05) is 31.6 Å². The predicted octanol–water partition coefficient (Wildman–Crippen LogP) is 2.44. The standard InChI is InChI=1S/C20H22N2O5/c1-12-9-16(13-3-2-6-21-11-13)27-20(24)18(12)19(23)22-14-4-5-15-17(10-14)26-8-7-25-15/h4-5,9-10,13,21H,2-3,6-8,11H2,1H3,(H,22,23). The lowest BCUT2D eigenvalue weighted by atomic mass is 9.95. The van der Waals surface area contributed by atoms with Crippen molar-refractivity contribution in [3.8, 4) is 11.5 Å². The van der Waals surface area contributed by atoms with E-state index >= 15 is 0 Å². The van der Waals surface area contributed by atoms with Crippen LogP contribution in [0.1, 0.15) is 40.4 Å². The fraction of sp³-hybridized carbons (Fsp3) is 0.400. The zero-order valence-electron chi connectivity index (χ0n) is 15.2. The van der Waals surface area contributed by atoms with Gasteiger partial charge in [0.15, 0.2) is 11.5 Å². The van der Waals surface area contributed by atoms with Crippen molar-refractivity contribution < 1.29 is 18.7 Å². The van der Waals surface area contributed by atoms with Crippen molar-refractivity contribution in [2.24, 2.45) is 0 Å². The molecular formula is C20H22N2O5. The molecule has 7 heteroatoms. The minimum absolute atomic E-state index is 0.0254. The fourth-order valence-corrected chi connectivity index (χ4v) is 3.52. The highest BCUT2D eigenvalue weighted by Crippen LogP contribution is 2.32. The average molecular weight is 370 g/mol. The molecule has 7 nitrogen and oxygen atoms in total. The zero-order chi connectivity index (χ0) is 18.8. The molecule has 0 aliphatic carbocycles. The SMILES string of the molecule is Cc1cc(C2CCCNC2)oc(=O)c1C(=O)Nc1ccc2c(c1)OCCO2. The van der Waals surface area contributed by atoms with Gasteiger partial charge < -0.3 is 24.5 Å². The van der Waals surface area contributed by atoms with Crippen LogP contribution >= 0.6 is 0 Å². The van der Waals surface area contributed by atoms with E-state index in [-0.39, 0.29) is 11.5 Å². The third-order valence-electron chi connectivity index (χ3n) is 4.89. The summed E-state index contributed by atoms with van der Waals surface area (Å²) in [6.07, 6.45) is 2.01. The minimum Gasteiger partial charge on any atom is -0.486 e. The van der Waals surface area contributed by atoms with E-state index in [4.69, 9.17) is 13.9 Å². The van der Waals surface area contributed by atoms with Crippen molar-refractivity contribution in [2.45, 2.75) is 25.7 Å². The topological polar surface area (TPSA) is 89.8 Å². The van der Waals surface area contributed by atoms with E-state index in [1.807, 2.05) is 0 Å². The van der Waals surface area contributed by atoms with E-state index < -0.39 is 11.5 Å². The highest BCUT2D eigenvalue weighted by atomic mass is 16.6. The van der Waals surface area contributed by atoms with Crippen LogP contribution in [0.15, 0.2) is 33.5 Å². The van der Waals surface area contributed by atoms with Gasteiger partial charge in [-0.25, -0.2) is 4.79 Å². The molecule has 1 aromatic carbocycles. The molecule has 3 heterocycles. The smallest absolute Gasteiger partial charge is 0.349 e. The Morgan fingerprint density at radius 3 is 2.74 bits per heavy atom. The number of piperidine rings is 1. The van der Waals surface area contributed by atoms with E-state index in [0.29, 0.717) is 41.7 Å². The maximum atomic E-state index is 12.7. The Labute approximate surface area is 156 Å². The van der Waals surface area contributed by atoms with Gasteiger partial charge in [-0.05, 0) is 50.1 Å². The van der Waals surface area contributed by atoms with E-state index in [9.17, 15) is 9.59 Å². The Bertz CT molecular complexity index is 915. The number of hydrogen-bond donors (Lipinski definition) is 2. The van der Waals surface area contributed by atoms with Crippen molar-refractivity contribution in [1.29, 1.82) is 0 Å². The number of rotatable bonds is 3. The van der Waals surface area contributed by atoms with E-state index in [1.165, 1.54) is 0 Å². The molecule has 1 atom stereocenters. The summed E-state index contributed by atoms with van der Waals surface area (Å²) in [7, 11) is 0. The molecule has 2 aromatic rings. The number of benzene rings is 1. The number of fused-ring (bicyclic) bond motifs is 1. The van der Waals surface area contributed by atoms with E-state index in [2.05, 4.69) is 10.6 Å². The van der Waals surface area contributed by atoms with Crippen LogP contribution in [0.5, 0.6) is 11.5 Å². The van der Waals surface area contributed by atoms with Gasteiger partial charge in [0.25, 0.3) is 5.91 Å². The van der Waals surface area contributed by atoms with Crippen LogP contribution in [-0.2, 0) is 0 Å². The molecule has 142 valence electrons. The molecule has 1 fully saturated rings. The second-order valence-corrected chi connectivity index (χ2v) is 6.85. The lowest BCUT2D eigenvalue weighted by molar-refractivity contribution is 0.102. The van der Waals surface area contributed by atoms with Gasteiger partial charge in [-0.3, -0.25) is 4.79 Å². The lowest BCUT2D eigenvalue weighted by Crippen LogP contribution is -2.30. The second kappa shape index (κ2) is 7.44. The van der Waals surface area contributed by atoms with Gasteiger partial charge in [0.2, 0.25) is 0 Å². The molecule has 0 saturated carbocycles. The number of anilines is 1. The monoisotopic (exact) mass is 370 g/mol. The number of amides is 1. The summed E-state index contributed by atoms with van der Waals surface area (Å²) in [5.41, 5.74) is 0.563. The Balaban J connectivity index is 1.55. The summed E-state index contributed by atoms with van der Waals surface area (Å²) in [5, 5.41) is 6.05. The number of carbonyl (C=O) groups excluding carboxylic acids is 1. The van der Waals surface area contributed by atoms with E-state index in [0.717, 1.165) is 25.9 Å². The molecular weight excluding hydrogens is 348 g/mol. The van der Waals surface area contributed by atoms with Crippen molar-refractivity contribution in [3.05, 3.63) is 51.6 Å². The van der Waals surface area contributed by atoms with Crippen LogP contribution < -0.4 is 25.7 Å². The molecule has 2 aliphatic rings. The highest BCUT2D eigenvalue weighted by molar-refractivity contribution is 6.05. The molecule has 0 spiro atoms. The summed E-state index contributed by atoms with van der Waals surface area (Å²) in [4.78, 5) is 25.1. The molecule has 27 heavy (non-hydrogen) atoms. The predicted molar refractivity (Wildman–Crippen MR) is 99.9 cm³/mol. The summed E-state index contributed by atoms with van der Waals surface area (Å²) >= 11 is 0. The molecule has 1 aromatic heterocycles. The lowest BCUT2D eigenvalue weighted by Gasteiger charge is -2.22. The van der Waals surface area contributed by atoms with Crippen molar-refractivity contribution in [1.82, 2.24) is 5.32 Å². The van der Waals surface area contributed by atoms with Gasteiger partial charge >= 0.3 is 5.63 Å².